The van der Waals surface area contributed by atoms with Crippen molar-refractivity contribution < 1.29 is 16.4 Å². The maximum absolute atomic E-state index is 12.9. The summed E-state index contributed by atoms with van der Waals surface area (Å²) in [7, 11) is 3.80. The Hall–Kier alpha value is -2.13. The molecule has 0 saturated heterocycles. The van der Waals surface area contributed by atoms with Crippen LogP contribution in [0.5, 0.6) is 0 Å². The predicted octanol–water partition coefficient (Wildman–Crippen LogP) is 4.28. The molecule has 0 aliphatic rings. The predicted molar refractivity (Wildman–Crippen MR) is 102 cm³/mol. The van der Waals surface area contributed by atoms with Crippen LogP contribution in [0.25, 0.3) is 0 Å². The van der Waals surface area contributed by atoms with Crippen LogP contribution in [0.3, 0.4) is 0 Å². The van der Waals surface area contributed by atoms with Gasteiger partial charge in [0, 0.05) is 32.1 Å². The molecular formula is C22H29NO2. The fourth-order valence-corrected chi connectivity index (χ4v) is 3.26. The first-order chi connectivity index (χ1) is 13.9. The third-order valence-corrected chi connectivity index (χ3v) is 4.38. The minimum Gasteiger partial charge on any atom is -0.453 e. The van der Waals surface area contributed by atoms with Gasteiger partial charge in [-0.3, -0.25) is 4.79 Å². The van der Waals surface area contributed by atoms with Gasteiger partial charge in [-0.15, -0.1) is 0 Å². The van der Waals surface area contributed by atoms with Crippen molar-refractivity contribution in [3.63, 3.8) is 0 Å². The summed E-state index contributed by atoms with van der Waals surface area (Å²) >= 11 is 0. The second kappa shape index (κ2) is 8.82. The van der Waals surface area contributed by atoms with E-state index in [0.29, 0.717) is 12.1 Å². The van der Waals surface area contributed by atoms with E-state index in [2.05, 4.69) is 0 Å². The van der Waals surface area contributed by atoms with E-state index in [-0.39, 0.29) is 12.3 Å². The summed E-state index contributed by atoms with van der Waals surface area (Å²) in [5, 5.41) is 0. The SMILES string of the molecule is [2H]C([2H])([2H])C([2H])([2H])C(=O)O[C@](Cc1ccccc1)(c1ccccc1)[C@H](C)CN(C)C. The zero-order chi connectivity index (χ0) is 22.6. The van der Waals surface area contributed by atoms with Gasteiger partial charge in [0.1, 0.15) is 5.60 Å². The lowest BCUT2D eigenvalue weighted by Gasteiger charge is -2.40. The number of esters is 1. The van der Waals surface area contributed by atoms with Crippen molar-refractivity contribution in [1.29, 1.82) is 0 Å². The zero-order valence-corrected chi connectivity index (χ0v) is 15.0. The zero-order valence-electron chi connectivity index (χ0n) is 20.0. The molecule has 25 heavy (non-hydrogen) atoms. The Morgan fingerprint density at radius 2 is 1.76 bits per heavy atom. The van der Waals surface area contributed by atoms with Gasteiger partial charge in [-0.25, -0.2) is 0 Å². The molecule has 0 saturated carbocycles. The van der Waals surface area contributed by atoms with Gasteiger partial charge in [0.15, 0.2) is 0 Å². The smallest absolute Gasteiger partial charge is 0.306 e. The highest BCUT2D eigenvalue weighted by atomic mass is 16.6. The molecular weight excluding hydrogens is 310 g/mol. The molecule has 2 rings (SSSR count). The summed E-state index contributed by atoms with van der Waals surface area (Å²) in [4.78, 5) is 14.9. The topological polar surface area (TPSA) is 29.5 Å². The van der Waals surface area contributed by atoms with Crippen LogP contribution < -0.4 is 0 Å². The first kappa shape index (κ1) is 13.1. The van der Waals surface area contributed by atoms with E-state index in [1.165, 1.54) is 0 Å². The molecule has 2 aromatic carbocycles. The highest BCUT2D eigenvalue weighted by Gasteiger charge is 2.42. The fourth-order valence-electron chi connectivity index (χ4n) is 3.26. The van der Waals surface area contributed by atoms with Gasteiger partial charge in [-0.05, 0) is 25.2 Å². The summed E-state index contributed by atoms with van der Waals surface area (Å²) in [6.07, 6.45) is -2.84. The Morgan fingerprint density at radius 3 is 2.32 bits per heavy atom. The number of nitrogens with zero attached hydrogens (tertiary/aromatic N) is 1. The molecule has 134 valence electrons. The lowest BCUT2D eigenvalue weighted by Crippen LogP contribution is -2.44. The summed E-state index contributed by atoms with van der Waals surface area (Å²) in [6, 6.07) is 18.6. The molecule has 2 atom stereocenters. The van der Waals surface area contributed by atoms with Crippen molar-refractivity contribution in [2.45, 2.75) is 32.2 Å². The van der Waals surface area contributed by atoms with Crippen LogP contribution in [-0.4, -0.2) is 31.5 Å². The quantitative estimate of drug-likeness (QED) is 0.670. The summed E-state index contributed by atoms with van der Waals surface area (Å²) in [5.74, 6) is -1.64. The van der Waals surface area contributed by atoms with E-state index in [4.69, 9.17) is 11.6 Å². The molecule has 0 heterocycles. The molecule has 0 fully saturated rings. The summed E-state index contributed by atoms with van der Waals surface area (Å²) in [5.41, 5.74) is 0.342. The van der Waals surface area contributed by atoms with Crippen LogP contribution >= 0.6 is 0 Å². The second-order valence-corrected chi connectivity index (χ2v) is 6.60. The molecule has 2 aromatic rings. The molecule has 0 radical (unpaired) electrons. The number of rotatable bonds is 8. The van der Waals surface area contributed by atoms with E-state index in [0.717, 1.165) is 5.56 Å². The Balaban J connectivity index is 2.62. The van der Waals surface area contributed by atoms with Crippen LogP contribution in [0.4, 0.5) is 0 Å². The van der Waals surface area contributed by atoms with E-state index >= 15 is 0 Å². The Bertz CT molecular complexity index is 824. The van der Waals surface area contributed by atoms with Crippen molar-refractivity contribution in [3.05, 3.63) is 71.8 Å². The molecule has 0 aromatic heterocycles. The molecule has 0 N–H and O–H groups in total. The van der Waals surface area contributed by atoms with E-state index in [1.807, 2.05) is 86.6 Å². The number of carbonyl (C=O) groups excluding carboxylic acids is 1. The van der Waals surface area contributed by atoms with Gasteiger partial charge in [0.25, 0.3) is 0 Å². The van der Waals surface area contributed by atoms with Crippen LogP contribution in [-0.2, 0) is 21.6 Å². The van der Waals surface area contributed by atoms with Crippen LogP contribution in [0.15, 0.2) is 60.7 Å². The van der Waals surface area contributed by atoms with Crippen molar-refractivity contribution in [3.8, 4) is 0 Å². The van der Waals surface area contributed by atoms with Gasteiger partial charge in [-0.2, -0.15) is 0 Å². The van der Waals surface area contributed by atoms with E-state index in [9.17, 15) is 4.79 Å². The lowest BCUT2D eigenvalue weighted by molar-refractivity contribution is -0.168. The fraction of sp³-hybridized carbons (Fsp3) is 0.409. The van der Waals surface area contributed by atoms with Crippen molar-refractivity contribution >= 4 is 5.97 Å². The lowest BCUT2D eigenvalue weighted by atomic mass is 9.77. The molecule has 0 aliphatic heterocycles. The maximum Gasteiger partial charge on any atom is 0.306 e. The number of hydrogen-bond acceptors (Lipinski definition) is 3. The minimum atomic E-state index is -3.13. The molecule has 0 aliphatic carbocycles. The number of carbonyl (C=O) groups is 1. The number of benzene rings is 2. The van der Waals surface area contributed by atoms with Crippen LogP contribution in [0.1, 0.15) is 38.1 Å². The average Bonchev–Trinajstić information content (AvgIpc) is 2.67. The van der Waals surface area contributed by atoms with Crippen molar-refractivity contribution in [2.75, 3.05) is 20.6 Å². The van der Waals surface area contributed by atoms with Gasteiger partial charge in [-0.1, -0.05) is 74.4 Å². The van der Waals surface area contributed by atoms with Crippen molar-refractivity contribution in [2.24, 2.45) is 5.92 Å². The summed E-state index contributed by atoms with van der Waals surface area (Å²) < 4.78 is 44.1. The normalized spacial score (nSPS) is 18.8. The highest BCUT2D eigenvalue weighted by molar-refractivity contribution is 5.69. The summed E-state index contributed by atoms with van der Waals surface area (Å²) in [6.45, 7) is -0.663. The van der Waals surface area contributed by atoms with Gasteiger partial charge in [0.2, 0.25) is 0 Å². The maximum atomic E-state index is 12.9. The van der Waals surface area contributed by atoms with Crippen LogP contribution in [0.2, 0.25) is 0 Å². The molecule has 3 heteroatoms. The van der Waals surface area contributed by atoms with E-state index in [1.54, 1.807) is 0 Å². The minimum absolute atomic E-state index is 0.258. The van der Waals surface area contributed by atoms with Gasteiger partial charge < -0.3 is 9.64 Å². The third kappa shape index (κ3) is 4.93. The van der Waals surface area contributed by atoms with Crippen LogP contribution in [0, 0.1) is 5.92 Å². The van der Waals surface area contributed by atoms with Crippen molar-refractivity contribution in [1.82, 2.24) is 4.90 Å². The van der Waals surface area contributed by atoms with E-state index < -0.39 is 24.8 Å². The second-order valence-electron chi connectivity index (χ2n) is 6.60. The molecule has 3 nitrogen and oxygen atoms in total. The molecule has 0 spiro atoms. The third-order valence-electron chi connectivity index (χ3n) is 4.38. The average molecular weight is 345 g/mol. The molecule has 0 unspecified atom stereocenters. The largest absolute Gasteiger partial charge is 0.453 e. The Labute approximate surface area is 158 Å². The Kier molecular flexibility index (Phi) is 4.63. The number of hydrogen-bond donors (Lipinski definition) is 0. The van der Waals surface area contributed by atoms with Gasteiger partial charge in [0.05, 0.1) is 0 Å². The Morgan fingerprint density at radius 1 is 1.16 bits per heavy atom. The molecule has 0 bridgehead atoms. The first-order valence-electron chi connectivity index (χ1n) is 10.9. The first-order valence-corrected chi connectivity index (χ1v) is 8.38. The highest BCUT2D eigenvalue weighted by Crippen LogP contribution is 2.38. The standard InChI is InChI=1S/C22H29NO2/c1-5-21(24)25-22(18(2)17-23(3)4,20-14-10-7-11-15-20)16-19-12-8-6-9-13-19/h6-15,18H,5,16-17H2,1-4H3/t18-,22+/m1/s1/i1D3,5D2. The number of ether oxygens (including phenoxy) is 1. The van der Waals surface area contributed by atoms with Gasteiger partial charge >= 0.3 is 5.97 Å². The molecule has 0 amide bonds. The monoisotopic (exact) mass is 344 g/mol.